The summed E-state index contributed by atoms with van der Waals surface area (Å²) < 4.78 is 0. The van der Waals surface area contributed by atoms with Gasteiger partial charge in [0, 0.05) is 37.3 Å². The van der Waals surface area contributed by atoms with Crippen LogP contribution >= 0.6 is 0 Å². The molecule has 1 unspecified atom stereocenters. The molecule has 7 heteroatoms. The number of hydrogen-bond acceptors (Lipinski definition) is 3. The van der Waals surface area contributed by atoms with Crippen molar-refractivity contribution in [2.45, 2.75) is 46.2 Å². The minimum absolute atomic E-state index is 0.0173. The molecule has 0 fully saturated rings. The van der Waals surface area contributed by atoms with Gasteiger partial charge in [-0.05, 0) is 42.2 Å². The summed E-state index contributed by atoms with van der Waals surface area (Å²) in [4.78, 5) is 39.6. The molecule has 3 rings (SSSR count). The van der Waals surface area contributed by atoms with E-state index >= 15 is 0 Å². The first kappa shape index (κ1) is 22.3. The Hall–Kier alpha value is -3.35. The van der Waals surface area contributed by atoms with Gasteiger partial charge in [0.1, 0.15) is 6.04 Å². The highest BCUT2D eigenvalue weighted by Crippen LogP contribution is 2.26. The second kappa shape index (κ2) is 10.1. The van der Waals surface area contributed by atoms with Crippen LogP contribution in [0.15, 0.2) is 48.5 Å². The van der Waals surface area contributed by atoms with E-state index < -0.39 is 6.04 Å². The van der Waals surface area contributed by atoms with E-state index in [1.54, 1.807) is 29.2 Å². The van der Waals surface area contributed by atoms with Crippen LogP contribution in [0.1, 0.15) is 38.3 Å². The quantitative estimate of drug-likeness (QED) is 0.662. The van der Waals surface area contributed by atoms with Gasteiger partial charge in [-0.3, -0.25) is 9.59 Å². The largest absolute Gasteiger partial charge is 0.338 e. The Kier molecular flexibility index (Phi) is 7.28. The zero-order valence-corrected chi connectivity index (χ0v) is 18.3. The fraction of sp³-hybridized carbons (Fsp3) is 0.375. The number of fused-ring (bicyclic) bond motifs is 1. The van der Waals surface area contributed by atoms with Crippen molar-refractivity contribution in [3.05, 3.63) is 59.7 Å². The van der Waals surface area contributed by atoms with Gasteiger partial charge < -0.3 is 20.9 Å². The third kappa shape index (κ3) is 5.84. The maximum atomic E-state index is 13.2. The maximum Gasteiger partial charge on any atom is 0.319 e. The minimum atomic E-state index is -0.582. The van der Waals surface area contributed by atoms with Crippen LogP contribution in [0.5, 0.6) is 0 Å². The molecule has 31 heavy (non-hydrogen) atoms. The number of benzene rings is 2. The van der Waals surface area contributed by atoms with Crippen LogP contribution in [0.2, 0.25) is 0 Å². The highest BCUT2D eigenvalue weighted by atomic mass is 16.2. The standard InChI is InChI=1S/C24H30N4O3/c1-4-25-24(31)27-20-11-7-10-19(14-20)26-23(30)21-13-17-8-5-6-9-18(17)15-28(21)22(29)12-16(2)3/h5-11,14,16,21H,4,12-13,15H2,1-3H3,(H,26,30)(H2,25,27,31). The van der Waals surface area contributed by atoms with Crippen LogP contribution in [-0.2, 0) is 22.6 Å². The Morgan fingerprint density at radius 2 is 1.68 bits per heavy atom. The summed E-state index contributed by atoms with van der Waals surface area (Å²) >= 11 is 0. The van der Waals surface area contributed by atoms with E-state index in [0.717, 1.165) is 11.1 Å². The van der Waals surface area contributed by atoms with Gasteiger partial charge in [-0.15, -0.1) is 0 Å². The number of amides is 4. The van der Waals surface area contributed by atoms with Gasteiger partial charge in [0.2, 0.25) is 11.8 Å². The van der Waals surface area contributed by atoms with Gasteiger partial charge in [-0.25, -0.2) is 4.79 Å². The third-order valence-electron chi connectivity index (χ3n) is 5.18. The molecule has 0 saturated carbocycles. The first-order valence-corrected chi connectivity index (χ1v) is 10.7. The summed E-state index contributed by atoms with van der Waals surface area (Å²) in [7, 11) is 0. The van der Waals surface area contributed by atoms with Crippen molar-refractivity contribution in [3.8, 4) is 0 Å². The second-order valence-electron chi connectivity index (χ2n) is 8.16. The summed E-state index contributed by atoms with van der Waals surface area (Å²) in [6, 6.07) is 14.0. The van der Waals surface area contributed by atoms with Gasteiger partial charge in [-0.2, -0.15) is 0 Å². The SMILES string of the molecule is CCNC(=O)Nc1cccc(NC(=O)C2Cc3ccccc3CN2C(=O)CC(C)C)c1. The first-order chi connectivity index (χ1) is 14.9. The molecule has 1 atom stereocenters. The fourth-order valence-electron chi connectivity index (χ4n) is 3.72. The Labute approximate surface area is 183 Å². The van der Waals surface area contributed by atoms with E-state index in [2.05, 4.69) is 16.0 Å². The average molecular weight is 423 g/mol. The van der Waals surface area contributed by atoms with Crippen LogP contribution in [-0.4, -0.2) is 35.3 Å². The lowest BCUT2D eigenvalue weighted by molar-refractivity contribution is -0.140. The summed E-state index contributed by atoms with van der Waals surface area (Å²) in [6.07, 6.45) is 0.876. The van der Waals surface area contributed by atoms with E-state index in [0.29, 0.717) is 37.3 Å². The zero-order valence-electron chi connectivity index (χ0n) is 18.3. The van der Waals surface area contributed by atoms with E-state index in [-0.39, 0.29) is 23.8 Å². The molecule has 2 aromatic carbocycles. The lowest BCUT2D eigenvalue weighted by atomic mass is 9.92. The Bertz CT molecular complexity index is 957. The van der Waals surface area contributed by atoms with Crippen LogP contribution < -0.4 is 16.0 Å². The van der Waals surface area contributed by atoms with Crippen molar-refractivity contribution in [2.75, 3.05) is 17.2 Å². The number of rotatable bonds is 6. The first-order valence-electron chi connectivity index (χ1n) is 10.7. The second-order valence-corrected chi connectivity index (χ2v) is 8.16. The number of nitrogens with one attached hydrogen (secondary N) is 3. The monoisotopic (exact) mass is 422 g/mol. The normalized spacial score (nSPS) is 15.2. The minimum Gasteiger partial charge on any atom is -0.338 e. The van der Waals surface area contributed by atoms with Gasteiger partial charge in [0.25, 0.3) is 0 Å². The molecule has 7 nitrogen and oxygen atoms in total. The summed E-state index contributed by atoms with van der Waals surface area (Å²) in [5, 5.41) is 8.32. The van der Waals surface area contributed by atoms with Gasteiger partial charge in [0.05, 0.1) is 0 Å². The number of nitrogens with zero attached hydrogens (tertiary/aromatic N) is 1. The molecular weight excluding hydrogens is 392 g/mol. The zero-order chi connectivity index (χ0) is 22.4. The van der Waals surface area contributed by atoms with Gasteiger partial charge in [-0.1, -0.05) is 44.2 Å². The molecule has 0 spiro atoms. The van der Waals surface area contributed by atoms with Crippen LogP contribution in [0.25, 0.3) is 0 Å². The number of carbonyl (C=O) groups excluding carboxylic acids is 3. The van der Waals surface area contributed by atoms with Crippen molar-refractivity contribution in [1.82, 2.24) is 10.2 Å². The smallest absolute Gasteiger partial charge is 0.319 e. The number of hydrogen-bond donors (Lipinski definition) is 3. The average Bonchev–Trinajstić information content (AvgIpc) is 2.72. The highest BCUT2D eigenvalue weighted by molar-refractivity contribution is 5.98. The number of anilines is 2. The summed E-state index contributed by atoms with van der Waals surface area (Å²) in [5.41, 5.74) is 3.31. The molecule has 0 saturated heterocycles. The van der Waals surface area contributed by atoms with E-state index in [1.807, 2.05) is 45.0 Å². The summed E-state index contributed by atoms with van der Waals surface area (Å²) in [5.74, 6) is -0.0384. The third-order valence-corrected chi connectivity index (χ3v) is 5.18. The molecule has 164 valence electrons. The molecule has 0 bridgehead atoms. The molecule has 1 aliphatic heterocycles. The van der Waals surface area contributed by atoms with Gasteiger partial charge >= 0.3 is 6.03 Å². The molecular formula is C24H30N4O3. The molecule has 1 heterocycles. The molecule has 4 amide bonds. The van der Waals surface area contributed by atoms with E-state index in [9.17, 15) is 14.4 Å². The number of carbonyl (C=O) groups is 3. The molecule has 0 radical (unpaired) electrons. The van der Waals surface area contributed by atoms with Crippen molar-refractivity contribution in [1.29, 1.82) is 0 Å². The van der Waals surface area contributed by atoms with Crippen molar-refractivity contribution < 1.29 is 14.4 Å². The molecule has 3 N–H and O–H groups in total. The predicted molar refractivity (Wildman–Crippen MR) is 122 cm³/mol. The molecule has 0 aromatic heterocycles. The maximum absolute atomic E-state index is 13.2. The highest BCUT2D eigenvalue weighted by Gasteiger charge is 2.34. The number of urea groups is 1. The predicted octanol–water partition coefficient (Wildman–Crippen LogP) is 3.77. The topological polar surface area (TPSA) is 90.5 Å². The van der Waals surface area contributed by atoms with Crippen molar-refractivity contribution in [3.63, 3.8) is 0 Å². The van der Waals surface area contributed by atoms with Crippen molar-refractivity contribution in [2.24, 2.45) is 5.92 Å². The van der Waals surface area contributed by atoms with Crippen LogP contribution in [0.3, 0.4) is 0 Å². The lowest BCUT2D eigenvalue weighted by Crippen LogP contribution is -2.50. The molecule has 1 aliphatic rings. The fourth-order valence-corrected chi connectivity index (χ4v) is 3.72. The van der Waals surface area contributed by atoms with Crippen LogP contribution in [0, 0.1) is 5.92 Å². The Morgan fingerprint density at radius 3 is 2.35 bits per heavy atom. The van der Waals surface area contributed by atoms with Crippen molar-refractivity contribution >= 4 is 29.2 Å². The van der Waals surface area contributed by atoms with E-state index in [4.69, 9.17) is 0 Å². The van der Waals surface area contributed by atoms with Crippen LogP contribution in [0.4, 0.5) is 16.2 Å². The summed E-state index contributed by atoms with van der Waals surface area (Å²) in [6.45, 7) is 6.78. The molecule has 0 aliphatic carbocycles. The lowest BCUT2D eigenvalue weighted by Gasteiger charge is -2.36. The van der Waals surface area contributed by atoms with E-state index in [1.165, 1.54) is 0 Å². The Morgan fingerprint density at radius 1 is 1.00 bits per heavy atom. The Balaban J connectivity index is 1.78. The molecule has 2 aromatic rings. The van der Waals surface area contributed by atoms with Gasteiger partial charge in [0.15, 0.2) is 0 Å².